The fourth-order valence-corrected chi connectivity index (χ4v) is 2.20. The third-order valence-electron chi connectivity index (χ3n) is 3.18. The van der Waals surface area contributed by atoms with Crippen LogP contribution in [0, 0.1) is 0 Å². The molecule has 0 aromatic heterocycles. The molecule has 1 aliphatic rings. The van der Waals surface area contributed by atoms with Gasteiger partial charge in [0.15, 0.2) is 0 Å². The topological polar surface area (TPSA) is 92.5 Å². The van der Waals surface area contributed by atoms with Crippen molar-refractivity contribution in [3.05, 3.63) is 29.3 Å². The molecule has 0 radical (unpaired) electrons. The van der Waals surface area contributed by atoms with E-state index in [-0.39, 0.29) is 28.8 Å². The van der Waals surface area contributed by atoms with E-state index in [0.29, 0.717) is 0 Å². The highest BCUT2D eigenvalue weighted by molar-refractivity contribution is 6.24. The number of nitrogens with two attached hydrogens (primary N) is 1. The molecule has 1 heterocycles. The summed E-state index contributed by atoms with van der Waals surface area (Å²) in [4.78, 5) is 37.5. The predicted molar refractivity (Wildman–Crippen MR) is 74.1 cm³/mol. The van der Waals surface area contributed by atoms with Crippen molar-refractivity contribution in [1.82, 2.24) is 10.2 Å². The number of amides is 3. The van der Waals surface area contributed by atoms with Crippen molar-refractivity contribution in [3.63, 3.8) is 0 Å². The summed E-state index contributed by atoms with van der Waals surface area (Å²) in [5.74, 6) is -1.37. The summed E-state index contributed by atoms with van der Waals surface area (Å²) in [6.45, 7) is 5.14. The van der Waals surface area contributed by atoms with Gasteiger partial charge in [-0.2, -0.15) is 0 Å². The molecule has 0 bridgehead atoms. The van der Waals surface area contributed by atoms with Crippen LogP contribution in [0.1, 0.15) is 41.5 Å². The fraction of sp³-hybridized carbons (Fsp3) is 0.357. The molecule has 0 saturated carbocycles. The molecule has 6 nitrogen and oxygen atoms in total. The third-order valence-corrected chi connectivity index (χ3v) is 3.18. The maximum atomic E-state index is 12.3. The monoisotopic (exact) mass is 275 g/mol. The lowest BCUT2D eigenvalue weighted by atomic mass is 10.1. The number of fused-ring (bicyclic) bond motifs is 1. The molecule has 1 aromatic rings. The summed E-state index contributed by atoms with van der Waals surface area (Å²) in [7, 11) is 0. The molecule has 3 N–H and O–H groups in total. The standard InChI is InChI=1S/C14H17N3O3/c1-7(2)16-12(18)8(3)17-13(19)9-5-4-6-10(15)11(9)14(17)20/h4-8H,15H2,1-3H3,(H,16,18). The molecule has 1 aliphatic heterocycles. The Labute approximate surface area is 116 Å². The molecule has 0 saturated heterocycles. The van der Waals surface area contributed by atoms with Gasteiger partial charge in [-0.1, -0.05) is 6.07 Å². The molecule has 0 aliphatic carbocycles. The first-order chi connectivity index (χ1) is 9.34. The van der Waals surface area contributed by atoms with Gasteiger partial charge in [0, 0.05) is 11.7 Å². The molecule has 0 spiro atoms. The summed E-state index contributed by atoms with van der Waals surface area (Å²) >= 11 is 0. The zero-order valence-electron chi connectivity index (χ0n) is 11.6. The molecule has 20 heavy (non-hydrogen) atoms. The summed E-state index contributed by atoms with van der Waals surface area (Å²) in [6, 6.07) is 3.78. The average Bonchev–Trinajstić information content (AvgIpc) is 2.61. The second kappa shape index (κ2) is 4.96. The number of benzene rings is 1. The average molecular weight is 275 g/mol. The minimum absolute atomic E-state index is 0.0646. The SMILES string of the molecule is CC(C)NC(=O)C(C)N1C(=O)c2cccc(N)c2C1=O. The van der Waals surface area contributed by atoms with Crippen molar-refractivity contribution in [2.24, 2.45) is 0 Å². The lowest BCUT2D eigenvalue weighted by Gasteiger charge is -2.22. The molecule has 0 fully saturated rings. The van der Waals surface area contributed by atoms with Crippen molar-refractivity contribution >= 4 is 23.4 Å². The van der Waals surface area contributed by atoms with Crippen molar-refractivity contribution in [3.8, 4) is 0 Å². The highest BCUT2D eigenvalue weighted by atomic mass is 16.2. The second-order valence-electron chi connectivity index (χ2n) is 5.09. The second-order valence-corrected chi connectivity index (χ2v) is 5.09. The van der Waals surface area contributed by atoms with Gasteiger partial charge in [-0.05, 0) is 32.9 Å². The number of anilines is 1. The van der Waals surface area contributed by atoms with Crippen LogP contribution >= 0.6 is 0 Å². The Morgan fingerprint density at radius 3 is 2.40 bits per heavy atom. The number of carbonyl (C=O) groups excluding carboxylic acids is 3. The summed E-state index contributed by atoms with van der Waals surface area (Å²) < 4.78 is 0. The predicted octanol–water partition coefficient (Wildman–Crippen LogP) is 0.778. The maximum Gasteiger partial charge on any atom is 0.264 e. The van der Waals surface area contributed by atoms with Gasteiger partial charge in [-0.3, -0.25) is 19.3 Å². The van der Waals surface area contributed by atoms with E-state index in [1.54, 1.807) is 18.2 Å². The number of imide groups is 1. The lowest BCUT2D eigenvalue weighted by Crippen LogP contribution is -2.49. The molecule has 3 amide bonds. The first-order valence-corrected chi connectivity index (χ1v) is 6.41. The number of carbonyl (C=O) groups is 3. The minimum atomic E-state index is -0.871. The van der Waals surface area contributed by atoms with E-state index >= 15 is 0 Å². The van der Waals surface area contributed by atoms with Crippen LogP contribution in [0.3, 0.4) is 0 Å². The van der Waals surface area contributed by atoms with Crippen LogP contribution in [0.5, 0.6) is 0 Å². The van der Waals surface area contributed by atoms with Gasteiger partial charge < -0.3 is 11.1 Å². The van der Waals surface area contributed by atoms with Crippen LogP contribution in [0.15, 0.2) is 18.2 Å². The van der Waals surface area contributed by atoms with E-state index in [1.807, 2.05) is 13.8 Å². The minimum Gasteiger partial charge on any atom is -0.398 e. The summed E-state index contributed by atoms with van der Waals surface area (Å²) in [5.41, 5.74) is 6.42. The van der Waals surface area contributed by atoms with Gasteiger partial charge in [0.1, 0.15) is 6.04 Å². The molecular weight excluding hydrogens is 258 g/mol. The van der Waals surface area contributed by atoms with Crippen molar-refractivity contribution in [1.29, 1.82) is 0 Å². The Bertz CT molecular complexity index is 595. The largest absolute Gasteiger partial charge is 0.398 e. The first-order valence-electron chi connectivity index (χ1n) is 6.41. The summed E-state index contributed by atoms with van der Waals surface area (Å²) in [6.07, 6.45) is 0. The number of hydrogen-bond donors (Lipinski definition) is 2. The molecule has 6 heteroatoms. The number of rotatable bonds is 3. The zero-order valence-corrected chi connectivity index (χ0v) is 11.6. The number of hydrogen-bond acceptors (Lipinski definition) is 4. The highest BCUT2D eigenvalue weighted by Gasteiger charge is 2.41. The van der Waals surface area contributed by atoms with Gasteiger partial charge >= 0.3 is 0 Å². The van der Waals surface area contributed by atoms with Crippen molar-refractivity contribution in [2.75, 3.05) is 5.73 Å². The number of nitrogens with zero attached hydrogens (tertiary/aromatic N) is 1. The molecule has 1 atom stereocenters. The smallest absolute Gasteiger partial charge is 0.264 e. The van der Waals surface area contributed by atoms with Gasteiger partial charge in [-0.25, -0.2) is 0 Å². The van der Waals surface area contributed by atoms with Gasteiger partial charge in [-0.15, -0.1) is 0 Å². The molecule has 2 rings (SSSR count). The van der Waals surface area contributed by atoms with E-state index in [2.05, 4.69) is 5.32 Å². The lowest BCUT2D eigenvalue weighted by molar-refractivity contribution is -0.125. The Hall–Kier alpha value is -2.37. The van der Waals surface area contributed by atoms with Crippen LogP contribution in [0.25, 0.3) is 0 Å². The normalized spacial score (nSPS) is 15.5. The first kappa shape index (κ1) is 14.0. The number of nitrogens with one attached hydrogen (secondary N) is 1. The van der Waals surface area contributed by atoms with E-state index in [0.717, 1.165) is 4.90 Å². The Morgan fingerprint density at radius 1 is 1.20 bits per heavy atom. The van der Waals surface area contributed by atoms with Crippen molar-refractivity contribution in [2.45, 2.75) is 32.9 Å². The van der Waals surface area contributed by atoms with Crippen LogP contribution in [-0.4, -0.2) is 34.7 Å². The van der Waals surface area contributed by atoms with Crippen LogP contribution in [-0.2, 0) is 4.79 Å². The van der Waals surface area contributed by atoms with Gasteiger partial charge in [0.2, 0.25) is 5.91 Å². The quantitative estimate of drug-likeness (QED) is 0.629. The zero-order chi connectivity index (χ0) is 15.0. The maximum absolute atomic E-state index is 12.3. The Morgan fingerprint density at radius 2 is 1.85 bits per heavy atom. The summed E-state index contributed by atoms with van der Waals surface area (Å²) in [5, 5.41) is 2.69. The van der Waals surface area contributed by atoms with Crippen molar-refractivity contribution < 1.29 is 14.4 Å². The van der Waals surface area contributed by atoms with E-state index in [1.165, 1.54) is 6.92 Å². The van der Waals surface area contributed by atoms with Gasteiger partial charge in [0.25, 0.3) is 11.8 Å². The Kier molecular flexibility index (Phi) is 3.48. The highest BCUT2D eigenvalue weighted by Crippen LogP contribution is 2.28. The Balaban J connectivity index is 2.33. The molecule has 1 unspecified atom stereocenters. The fourth-order valence-electron chi connectivity index (χ4n) is 2.20. The molecule has 1 aromatic carbocycles. The third kappa shape index (κ3) is 2.13. The van der Waals surface area contributed by atoms with E-state index in [4.69, 9.17) is 5.73 Å². The van der Waals surface area contributed by atoms with Crippen LogP contribution in [0.4, 0.5) is 5.69 Å². The van der Waals surface area contributed by atoms with E-state index < -0.39 is 17.9 Å². The van der Waals surface area contributed by atoms with Gasteiger partial charge in [0.05, 0.1) is 11.1 Å². The molecule has 106 valence electrons. The van der Waals surface area contributed by atoms with E-state index in [9.17, 15) is 14.4 Å². The van der Waals surface area contributed by atoms with Crippen LogP contribution < -0.4 is 11.1 Å². The van der Waals surface area contributed by atoms with Crippen LogP contribution in [0.2, 0.25) is 0 Å². The number of nitrogen functional groups attached to an aromatic ring is 1. The molecular formula is C14H17N3O3.